The number of carbonyl (C=O) groups is 2. The van der Waals surface area contributed by atoms with Crippen molar-refractivity contribution in [2.24, 2.45) is 7.05 Å². The molecule has 4 aromatic heterocycles. The molecule has 326 valence electrons. The lowest BCUT2D eigenvalue weighted by Crippen LogP contribution is -2.43. The first-order valence-corrected chi connectivity index (χ1v) is 22.2. The van der Waals surface area contributed by atoms with Gasteiger partial charge in [0, 0.05) is 77.2 Å². The van der Waals surface area contributed by atoms with Gasteiger partial charge in [0.05, 0.1) is 59.5 Å². The molecule has 3 aromatic carbocycles. The average molecular weight is 889 g/mol. The number of amides is 1. The van der Waals surface area contributed by atoms with E-state index in [0.29, 0.717) is 66.8 Å². The van der Waals surface area contributed by atoms with Crippen LogP contribution < -0.4 is 14.5 Å². The van der Waals surface area contributed by atoms with E-state index in [0.717, 1.165) is 90.6 Å². The number of pyridine rings is 1. The third kappa shape index (κ3) is 7.51. The summed E-state index contributed by atoms with van der Waals surface area (Å²) in [5.74, 6) is -0.480. The Bertz CT molecular complexity index is 2950. The standard InChI is InChI=1S/C49H51Cl2N7O5/c1-27-19-33-23-41(49(60)61)56(26-34-24-35(12-13-52-34)55-14-17-62-18-15-55)45(33)40(20-27)57-25-30(4)58-46-38(10-11-39(50)43(46)42-31(5)53-54(7)32(42)6)37(47(58)48(57)59)9-8-16-63-36-21-28(2)44(51)29(3)22-36/h10-13,19-24,30H,8-9,14-18,25-26H2,1-7H3,(H,60,61)/t30-/m1/s1. The Hall–Kier alpha value is -5.82. The molecule has 1 saturated heterocycles. The number of benzene rings is 3. The van der Waals surface area contributed by atoms with Gasteiger partial charge in [0.1, 0.15) is 17.1 Å². The summed E-state index contributed by atoms with van der Waals surface area (Å²) in [6.07, 6.45) is 2.95. The van der Waals surface area contributed by atoms with Crippen LogP contribution in [0.2, 0.25) is 10.0 Å². The molecule has 14 heteroatoms. The van der Waals surface area contributed by atoms with Crippen molar-refractivity contribution in [3.05, 3.63) is 122 Å². The molecule has 1 atom stereocenters. The molecule has 63 heavy (non-hydrogen) atoms. The molecule has 7 aromatic rings. The van der Waals surface area contributed by atoms with Crippen molar-refractivity contribution < 1.29 is 24.2 Å². The van der Waals surface area contributed by atoms with Gasteiger partial charge in [0.25, 0.3) is 5.91 Å². The minimum Gasteiger partial charge on any atom is -0.494 e. The molecule has 6 heterocycles. The van der Waals surface area contributed by atoms with Crippen molar-refractivity contribution in [1.82, 2.24) is 23.9 Å². The van der Waals surface area contributed by atoms with Crippen LogP contribution in [0.25, 0.3) is 32.9 Å². The highest BCUT2D eigenvalue weighted by Gasteiger charge is 2.38. The Balaban J connectivity index is 1.18. The predicted octanol–water partition coefficient (Wildman–Crippen LogP) is 10.1. The van der Waals surface area contributed by atoms with E-state index >= 15 is 4.79 Å². The van der Waals surface area contributed by atoms with Gasteiger partial charge in [-0.25, -0.2) is 4.79 Å². The van der Waals surface area contributed by atoms with Gasteiger partial charge < -0.3 is 33.5 Å². The van der Waals surface area contributed by atoms with Gasteiger partial charge in [-0.15, -0.1) is 0 Å². The van der Waals surface area contributed by atoms with E-state index in [9.17, 15) is 9.90 Å². The number of ether oxygens (including phenoxy) is 2. The summed E-state index contributed by atoms with van der Waals surface area (Å²) in [6.45, 7) is 15.8. The summed E-state index contributed by atoms with van der Waals surface area (Å²) in [4.78, 5) is 37.4. The second-order valence-electron chi connectivity index (χ2n) is 17.0. The summed E-state index contributed by atoms with van der Waals surface area (Å²) in [5, 5.41) is 18.4. The maximum atomic E-state index is 15.6. The molecule has 0 unspecified atom stereocenters. The second-order valence-corrected chi connectivity index (χ2v) is 17.8. The average Bonchev–Trinajstić information content (AvgIpc) is 3.88. The van der Waals surface area contributed by atoms with E-state index in [1.807, 2.05) is 99.8 Å². The van der Waals surface area contributed by atoms with Crippen LogP contribution in [0.1, 0.15) is 79.7 Å². The van der Waals surface area contributed by atoms with Crippen LogP contribution in [-0.2, 0) is 24.8 Å². The maximum absolute atomic E-state index is 15.6. The molecule has 1 N–H and O–H groups in total. The normalized spacial score (nSPS) is 15.5. The third-order valence-corrected chi connectivity index (χ3v) is 13.6. The van der Waals surface area contributed by atoms with E-state index in [1.165, 1.54) is 0 Å². The number of nitrogens with zero attached hydrogens (tertiary/aromatic N) is 7. The highest BCUT2D eigenvalue weighted by Crippen LogP contribution is 2.46. The first kappa shape index (κ1) is 42.5. The van der Waals surface area contributed by atoms with Crippen LogP contribution in [0, 0.1) is 34.6 Å². The number of hydrogen-bond acceptors (Lipinski definition) is 7. The van der Waals surface area contributed by atoms with E-state index in [-0.39, 0.29) is 24.2 Å². The van der Waals surface area contributed by atoms with Crippen LogP contribution in [0.5, 0.6) is 5.75 Å². The summed E-state index contributed by atoms with van der Waals surface area (Å²) < 4.78 is 17.7. The number of carboxylic acid groups (broad SMARTS) is 1. The van der Waals surface area contributed by atoms with Gasteiger partial charge in [0.2, 0.25) is 0 Å². The number of aromatic nitrogens is 5. The van der Waals surface area contributed by atoms with Gasteiger partial charge in [-0.2, -0.15) is 5.10 Å². The summed E-state index contributed by atoms with van der Waals surface area (Å²) in [7, 11) is 1.93. The van der Waals surface area contributed by atoms with Crippen molar-refractivity contribution in [2.75, 3.05) is 49.3 Å². The number of aryl methyl sites for hydroxylation is 6. The first-order chi connectivity index (χ1) is 30.2. The maximum Gasteiger partial charge on any atom is 0.352 e. The highest BCUT2D eigenvalue weighted by atomic mass is 35.5. The Morgan fingerprint density at radius 2 is 1.70 bits per heavy atom. The lowest BCUT2D eigenvalue weighted by molar-refractivity contribution is 0.0686. The molecule has 0 aliphatic carbocycles. The van der Waals surface area contributed by atoms with Crippen molar-refractivity contribution >= 4 is 68.3 Å². The van der Waals surface area contributed by atoms with Gasteiger partial charge in [-0.05, 0) is 125 Å². The van der Waals surface area contributed by atoms with Gasteiger partial charge in [0.15, 0.2) is 0 Å². The largest absolute Gasteiger partial charge is 0.494 e. The summed E-state index contributed by atoms with van der Waals surface area (Å²) in [5.41, 5.74) is 12.0. The molecule has 1 fully saturated rings. The number of carboxylic acids is 1. The monoisotopic (exact) mass is 887 g/mol. The van der Waals surface area contributed by atoms with E-state index in [1.54, 1.807) is 16.8 Å². The lowest BCUT2D eigenvalue weighted by Gasteiger charge is -2.35. The number of carbonyl (C=O) groups excluding carboxylic acids is 1. The van der Waals surface area contributed by atoms with Crippen LogP contribution in [0.4, 0.5) is 11.4 Å². The van der Waals surface area contributed by atoms with Gasteiger partial charge in [-0.3, -0.25) is 14.5 Å². The number of halogens is 2. The van der Waals surface area contributed by atoms with Gasteiger partial charge in [-0.1, -0.05) is 29.3 Å². The minimum absolute atomic E-state index is 0.121. The molecule has 2 aliphatic rings. The molecule has 0 saturated carbocycles. The number of morpholine rings is 1. The fourth-order valence-corrected chi connectivity index (χ4v) is 10.1. The number of rotatable bonds is 11. The minimum atomic E-state index is -1.06. The molecule has 1 amide bonds. The van der Waals surface area contributed by atoms with Crippen LogP contribution in [0.3, 0.4) is 0 Å². The Morgan fingerprint density at radius 3 is 2.40 bits per heavy atom. The van der Waals surface area contributed by atoms with Crippen molar-refractivity contribution in [3.8, 4) is 16.9 Å². The molecule has 12 nitrogen and oxygen atoms in total. The van der Waals surface area contributed by atoms with Crippen molar-refractivity contribution in [2.45, 2.75) is 67.0 Å². The zero-order valence-electron chi connectivity index (χ0n) is 36.7. The zero-order chi connectivity index (χ0) is 44.4. The van der Waals surface area contributed by atoms with Crippen molar-refractivity contribution in [3.63, 3.8) is 0 Å². The van der Waals surface area contributed by atoms with E-state index in [4.69, 9.17) is 42.8 Å². The number of hydrogen-bond donors (Lipinski definition) is 1. The number of anilines is 2. The van der Waals surface area contributed by atoms with Crippen LogP contribution in [0.15, 0.2) is 60.8 Å². The molecule has 0 spiro atoms. The van der Waals surface area contributed by atoms with E-state index < -0.39 is 5.97 Å². The fraction of sp³-hybridized carbons (Fsp3) is 0.347. The second kappa shape index (κ2) is 16.7. The lowest BCUT2D eigenvalue weighted by atomic mass is 9.98. The zero-order valence-corrected chi connectivity index (χ0v) is 38.2. The van der Waals surface area contributed by atoms with E-state index in [2.05, 4.69) is 16.4 Å². The molecule has 9 rings (SSSR count). The van der Waals surface area contributed by atoms with Gasteiger partial charge >= 0.3 is 5.97 Å². The quantitative estimate of drug-likeness (QED) is 0.128. The topological polar surface area (TPSA) is 120 Å². The predicted molar refractivity (Wildman–Crippen MR) is 250 cm³/mol. The van der Waals surface area contributed by atoms with Crippen LogP contribution >= 0.6 is 23.2 Å². The smallest absolute Gasteiger partial charge is 0.352 e. The third-order valence-electron chi connectivity index (χ3n) is 12.7. The fourth-order valence-electron chi connectivity index (χ4n) is 9.75. The molecular weight excluding hydrogens is 837 g/mol. The summed E-state index contributed by atoms with van der Waals surface area (Å²) >= 11 is 13.7. The SMILES string of the molecule is Cc1cc(N2C[C@@H](C)n3c(c(CCCOc4cc(C)c(Cl)c(C)c4)c4ccc(Cl)c(-c5c(C)nn(C)c5C)c43)C2=O)c2c(c1)cc(C(=O)O)n2Cc1cc(N2CCOCC2)ccn1. The number of fused-ring (bicyclic) bond motifs is 4. The Kier molecular flexibility index (Phi) is 11.3. The molecular formula is C49H51Cl2N7O5. The Morgan fingerprint density at radius 1 is 0.952 bits per heavy atom. The number of aromatic carboxylic acids is 1. The van der Waals surface area contributed by atoms with Crippen molar-refractivity contribution in [1.29, 1.82) is 0 Å². The molecule has 0 bridgehead atoms. The molecule has 2 aliphatic heterocycles. The first-order valence-electron chi connectivity index (χ1n) is 21.4. The Labute approximate surface area is 376 Å². The van der Waals surface area contributed by atoms with Crippen LogP contribution in [-0.4, -0.2) is 80.3 Å². The summed E-state index contributed by atoms with van der Waals surface area (Å²) in [6, 6.07) is 17.3. The highest BCUT2D eigenvalue weighted by molar-refractivity contribution is 6.35. The molecule has 0 radical (unpaired) electrons.